The standard InChI is InChI=1S/C18H21N3O7S/c1-10-13(18(25)27-8-7-26-3)16(29-14(10)15(19)23)20-12(22)9-28-17(24)11-5-4-6-21(11)2/h4-6H,7-9H2,1-3H3,(H2,19,23)(H,20,22). The van der Waals surface area contributed by atoms with Crippen LogP contribution in [-0.2, 0) is 26.1 Å². The molecule has 2 heterocycles. The first kappa shape index (κ1) is 22.1. The first-order valence-corrected chi connectivity index (χ1v) is 9.25. The molecule has 156 valence electrons. The van der Waals surface area contributed by atoms with E-state index in [4.69, 9.17) is 19.9 Å². The second kappa shape index (κ2) is 9.85. The maximum atomic E-state index is 12.4. The van der Waals surface area contributed by atoms with Crippen molar-refractivity contribution in [2.24, 2.45) is 12.8 Å². The van der Waals surface area contributed by atoms with Crippen LogP contribution in [0, 0.1) is 6.92 Å². The van der Waals surface area contributed by atoms with Crippen LogP contribution in [0.3, 0.4) is 0 Å². The molecule has 2 amide bonds. The van der Waals surface area contributed by atoms with Gasteiger partial charge in [-0.3, -0.25) is 9.59 Å². The summed E-state index contributed by atoms with van der Waals surface area (Å²) in [5, 5.41) is 2.55. The quantitative estimate of drug-likeness (QED) is 0.455. The number of anilines is 1. The summed E-state index contributed by atoms with van der Waals surface area (Å²) in [6.07, 6.45) is 1.66. The number of thiophene rings is 1. The Morgan fingerprint density at radius 3 is 2.48 bits per heavy atom. The number of methoxy groups -OCH3 is 1. The lowest BCUT2D eigenvalue weighted by Gasteiger charge is -2.09. The van der Waals surface area contributed by atoms with E-state index in [9.17, 15) is 19.2 Å². The van der Waals surface area contributed by atoms with Gasteiger partial charge in [-0.05, 0) is 24.6 Å². The maximum absolute atomic E-state index is 12.4. The summed E-state index contributed by atoms with van der Waals surface area (Å²) in [7, 11) is 3.12. The molecule has 0 unspecified atom stereocenters. The molecular formula is C18H21N3O7S. The minimum Gasteiger partial charge on any atom is -0.460 e. The number of nitrogens with one attached hydrogen (secondary N) is 1. The summed E-state index contributed by atoms with van der Waals surface area (Å²) in [6.45, 7) is 1.13. The van der Waals surface area contributed by atoms with E-state index < -0.39 is 30.4 Å². The molecule has 29 heavy (non-hydrogen) atoms. The summed E-state index contributed by atoms with van der Waals surface area (Å²) < 4.78 is 16.4. The largest absolute Gasteiger partial charge is 0.460 e. The number of ether oxygens (including phenoxy) is 3. The number of nitrogens with two attached hydrogens (primary N) is 1. The zero-order chi connectivity index (χ0) is 21.6. The second-order valence-electron chi connectivity index (χ2n) is 5.88. The van der Waals surface area contributed by atoms with Crippen LogP contribution >= 0.6 is 11.3 Å². The fourth-order valence-corrected chi connectivity index (χ4v) is 3.48. The molecule has 0 fully saturated rings. The van der Waals surface area contributed by atoms with E-state index in [2.05, 4.69) is 5.32 Å². The molecule has 11 heteroatoms. The van der Waals surface area contributed by atoms with Gasteiger partial charge in [0.05, 0.1) is 17.0 Å². The number of aryl methyl sites for hydroxylation is 1. The third-order valence-electron chi connectivity index (χ3n) is 3.84. The van der Waals surface area contributed by atoms with Crippen molar-refractivity contribution in [3.8, 4) is 0 Å². The van der Waals surface area contributed by atoms with Gasteiger partial charge in [-0.15, -0.1) is 11.3 Å². The van der Waals surface area contributed by atoms with E-state index >= 15 is 0 Å². The molecule has 0 saturated heterocycles. The van der Waals surface area contributed by atoms with E-state index in [0.29, 0.717) is 5.56 Å². The predicted molar refractivity (Wildman–Crippen MR) is 104 cm³/mol. The number of carbonyl (C=O) groups is 4. The van der Waals surface area contributed by atoms with Gasteiger partial charge in [0.25, 0.3) is 11.8 Å². The molecule has 0 aromatic carbocycles. The van der Waals surface area contributed by atoms with Crippen LogP contribution in [0.15, 0.2) is 18.3 Å². The molecule has 10 nitrogen and oxygen atoms in total. The lowest BCUT2D eigenvalue weighted by Crippen LogP contribution is -2.22. The highest BCUT2D eigenvalue weighted by molar-refractivity contribution is 7.18. The minimum absolute atomic E-state index is 0.00180. The summed E-state index contributed by atoms with van der Waals surface area (Å²) in [6, 6.07) is 3.22. The highest BCUT2D eigenvalue weighted by Crippen LogP contribution is 2.33. The van der Waals surface area contributed by atoms with Crippen LogP contribution in [0.5, 0.6) is 0 Å². The number of primary amides is 1. The molecule has 0 bridgehead atoms. The molecule has 0 aliphatic rings. The number of rotatable bonds is 9. The number of carbonyl (C=O) groups excluding carboxylic acids is 4. The monoisotopic (exact) mass is 423 g/mol. The van der Waals surface area contributed by atoms with Crippen molar-refractivity contribution in [3.05, 3.63) is 40.0 Å². The Morgan fingerprint density at radius 2 is 1.90 bits per heavy atom. The fourth-order valence-electron chi connectivity index (χ4n) is 2.41. The SMILES string of the molecule is COCCOC(=O)c1c(NC(=O)COC(=O)c2cccn2C)sc(C(N)=O)c1C. The third-order valence-corrected chi connectivity index (χ3v) is 5.06. The zero-order valence-electron chi connectivity index (χ0n) is 16.1. The number of nitrogens with zero attached hydrogens (tertiary/aromatic N) is 1. The molecule has 0 aliphatic carbocycles. The van der Waals surface area contributed by atoms with E-state index in [1.54, 1.807) is 29.9 Å². The van der Waals surface area contributed by atoms with Gasteiger partial charge in [-0.2, -0.15) is 0 Å². The molecule has 2 rings (SSSR count). The van der Waals surface area contributed by atoms with Crippen LogP contribution in [0.1, 0.15) is 36.1 Å². The Hall–Kier alpha value is -3.18. The Bertz CT molecular complexity index is 932. The summed E-state index contributed by atoms with van der Waals surface area (Å²) >= 11 is 0.841. The van der Waals surface area contributed by atoms with Crippen molar-refractivity contribution in [2.45, 2.75) is 6.92 Å². The highest BCUT2D eigenvalue weighted by Gasteiger charge is 2.26. The summed E-state index contributed by atoms with van der Waals surface area (Å²) in [4.78, 5) is 48.3. The van der Waals surface area contributed by atoms with Gasteiger partial charge in [0.1, 0.15) is 17.3 Å². The van der Waals surface area contributed by atoms with E-state index in [-0.39, 0.29) is 34.3 Å². The van der Waals surface area contributed by atoms with Crippen molar-refractivity contribution in [1.29, 1.82) is 0 Å². The fraction of sp³-hybridized carbons (Fsp3) is 0.333. The third kappa shape index (κ3) is 5.42. The first-order valence-electron chi connectivity index (χ1n) is 8.43. The smallest absolute Gasteiger partial charge is 0.355 e. The molecule has 2 aromatic heterocycles. The van der Waals surface area contributed by atoms with Gasteiger partial charge >= 0.3 is 11.9 Å². The van der Waals surface area contributed by atoms with Gasteiger partial charge in [-0.1, -0.05) is 0 Å². The Balaban J connectivity index is 2.11. The van der Waals surface area contributed by atoms with Gasteiger partial charge < -0.3 is 29.8 Å². The van der Waals surface area contributed by atoms with Crippen LogP contribution in [0.25, 0.3) is 0 Å². The lowest BCUT2D eigenvalue weighted by atomic mass is 10.1. The molecule has 2 aromatic rings. The normalized spacial score (nSPS) is 10.4. The average Bonchev–Trinajstić information content (AvgIpc) is 3.23. The maximum Gasteiger partial charge on any atom is 0.355 e. The highest BCUT2D eigenvalue weighted by atomic mass is 32.1. The topological polar surface area (TPSA) is 139 Å². The number of amides is 2. The van der Waals surface area contributed by atoms with Crippen molar-refractivity contribution in [2.75, 3.05) is 32.2 Å². The molecule has 0 saturated carbocycles. The molecular weight excluding hydrogens is 402 g/mol. The summed E-state index contributed by atoms with van der Waals surface area (Å²) in [5.41, 5.74) is 5.92. The Kier molecular flexibility index (Phi) is 7.51. The number of hydrogen-bond acceptors (Lipinski definition) is 8. The van der Waals surface area contributed by atoms with Gasteiger partial charge in [0.2, 0.25) is 0 Å². The average molecular weight is 423 g/mol. The zero-order valence-corrected chi connectivity index (χ0v) is 17.0. The Morgan fingerprint density at radius 1 is 1.17 bits per heavy atom. The van der Waals surface area contributed by atoms with Gasteiger partial charge in [0, 0.05) is 20.4 Å². The van der Waals surface area contributed by atoms with Crippen molar-refractivity contribution >= 4 is 40.1 Å². The molecule has 0 aliphatic heterocycles. The summed E-state index contributed by atoms with van der Waals surface area (Å²) in [5.74, 6) is -2.84. The van der Waals surface area contributed by atoms with Crippen LogP contribution in [0.2, 0.25) is 0 Å². The second-order valence-corrected chi connectivity index (χ2v) is 6.90. The Labute approximate surface area is 170 Å². The van der Waals surface area contributed by atoms with Crippen LogP contribution in [0.4, 0.5) is 5.00 Å². The van der Waals surface area contributed by atoms with E-state index in [0.717, 1.165) is 11.3 Å². The molecule has 0 spiro atoms. The van der Waals surface area contributed by atoms with Crippen molar-refractivity contribution in [1.82, 2.24) is 4.57 Å². The predicted octanol–water partition coefficient (Wildman–Crippen LogP) is 1.09. The van der Waals surface area contributed by atoms with E-state index in [1.807, 2.05) is 0 Å². The van der Waals surface area contributed by atoms with E-state index in [1.165, 1.54) is 14.0 Å². The number of esters is 2. The number of hydrogen-bond donors (Lipinski definition) is 2. The lowest BCUT2D eigenvalue weighted by molar-refractivity contribution is -0.119. The van der Waals surface area contributed by atoms with Gasteiger partial charge in [0.15, 0.2) is 6.61 Å². The molecule has 0 radical (unpaired) electrons. The molecule has 3 N–H and O–H groups in total. The van der Waals surface area contributed by atoms with Crippen molar-refractivity contribution < 1.29 is 33.4 Å². The van der Waals surface area contributed by atoms with Crippen LogP contribution < -0.4 is 11.1 Å². The van der Waals surface area contributed by atoms with Crippen LogP contribution in [-0.4, -0.2) is 55.3 Å². The first-order chi connectivity index (χ1) is 13.8. The van der Waals surface area contributed by atoms with Crippen molar-refractivity contribution in [3.63, 3.8) is 0 Å². The minimum atomic E-state index is -0.742. The number of aromatic nitrogens is 1. The molecule has 0 atom stereocenters. The van der Waals surface area contributed by atoms with Gasteiger partial charge in [-0.25, -0.2) is 9.59 Å².